The van der Waals surface area contributed by atoms with Crippen molar-refractivity contribution >= 4 is 11.9 Å². The van der Waals surface area contributed by atoms with Gasteiger partial charge in [-0.05, 0) is 25.9 Å². The Hall–Kier alpha value is -1.40. The van der Waals surface area contributed by atoms with Gasteiger partial charge in [0.25, 0.3) is 0 Å². The molecule has 0 aromatic carbocycles. The van der Waals surface area contributed by atoms with Gasteiger partial charge in [-0.3, -0.25) is 4.79 Å². The van der Waals surface area contributed by atoms with Crippen LogP contribution in [0.15, 0.2) is 12.2 Å². The van der Waals surface area contributed by atoms with Crippen molar-refractivity contribution in [2.75, 3.05) is 13.1 Å². The first kappa shape index (κ1) is 17.0. The Kier molecular flexibility index (Phi) is 12.4. The third-order valence-electron chi connectivity index (χ3n) is 1.58. The minimum absolute atomic E-state index is 0.303. The Bertz CT molecular complexity index is 225. The molecule has 0 amide bonds. The molecule has 0 spiro atoms. The van der Waals surface area contributed by atoms with Crippen LogP contribution < -0.4 is 11.5 Å². The lowest BCUT2D eigenvalue weighted by Gasteiger charge is -1.91. The first-order chi connectivity index (χ1) is 7.45. The average molecular weight is 232 g/mol. The Balaban J connectivity index is 0. The van der Waals surface area contributed by atoms with Crippen LogP contribution in [0.5, 0.6) is 0 Å². The Morgan fingerprint density at radius 1 is 1.00 bits per heavy atom. The molecule has 0 fully saturated rings. The molecule has 16 heavy (non-hydrogen) atoms. The lowest BCUT2D eigenvalue weighted by molar-refractivity contribution is -0.139. The van der Waals surface area contributed by atoms with Gasteiger partial charge in [-0.15, -0.1) is 0 Å². The largest absolute Gasteiger partial charge is 0.481 e. The summed E-state index contributed by atoms with van der Waals surface area (Å²) in [7, 11) is 0. The van der Waals surface area contributed by atoms with Gasteiger partial charge in [0.2, 0.25) is 0 Å². The molecule has 0 aliphatic heterocycles. The number of hydrogen-bond donors (Lipinski definition) is 4. The van der Waals surface area contributed by atoms with Crippen molar-refractivity contribution in [2.45, 2.75) is 25.7 Å². The van der Waals surface area contributed by atoms with E-state index in [1.54, 1.807) is 0 Å². The van der Waals surface area contributed by atoms with E-state index < -0.39 is 18.4 Å². The van der Waals surface area contributed by atoms with Crippen molar-refractivity contribution < 1.29 is 19.8 Å². The molecule has 0 bridgehead atoms. The van der Waals surface area contributed by atoms with Crippen molar-refractivity contribution in [3.05, 3.63) is 12.2 Å². The van der Waals surface area contributed by atoms with Gasteiger partial charge in [0, 0.05) is 5.57 Å². The standard InChI is InChI=1S/C5H14N2.C5H6O4/c6-4-2-1-3-5-7;1-3(5(8)9)2-4(6)7/h1-7H2;1-2H2,(H,6,7)(H,8,9). The van der Waals surface area contributed by atoms with Crippen LogP contribution in [0.1, 0.15) is 25.7 Å². The molecular formula is C10H20N2O4. The van der Waals surface area contributed by atoms with Crippen LogP contribution in [0.2, 0.25) is 0 Å². The smallest absolute Gasteiger partial charge is 0.331 e. The molecular weight excluding hydrogens is 212 g/mol. The van der Waals surface area contributed by atoms with E-state index in [1.165, 1.54) is 6.42 Å². The molecule has 0 aromatic rings. The summed E-state index contributed by atoms with van der Waals surface area (Å²) in [5, 5.41) is 16.1. The highest BCUT2D eigenvalue weighted by atomic mass is 16.4. The molecule has 0 rings (SSSR count). The van der Waals surface area contributed by atoms with Crippen LogP contribution in [-0.4, -0.2) is 35.2 Å². The van der Waals surface area contributed by atoms with E-state index in [9.17, 15) is 9.59 Å². The van der Waals surface area contributed by atoms with Gasteiger partial charge in [0.05, 0.1) is 6.42 Å². The zero-order valence-electron chi connectivity index (χ0n) is 9.32. The Morgan fingerprint density at radius 2 is 1.44 bits per heavy atom. The molecule has 0 heterocycles. The number of carboxylic acids is 2. The second kappa shape index (κ2) is 11.7. The fraction of sp³-hybridized carbons (Fsp3) is 0.600. The molecule has 0 radical (unpaired) electrons. The molecule has 0 saturated carbocycles. The Morgan fingerprint density at radius 3 is 1.62 bits per heavy atom. The summed E-state index contributed by atoms with van der Waals surface area (Å²) in [6, 6.07) is 0. The number of unbranched alkanes of at least 4 members (excludes halogenated alkanes) is 2. The van der Waals surface area contributed by atoms with E-state index in [4.69, 9.17) is 21.7 Å². The van der Waals surface area contributed by atoms with Crippen LogP contribution in [0.3, 0.4) is 0 Å². The van der Waals surface area contributed by atoms with Crippen molar-refractivity contribution in [3.63, 3.8) is 0 Å². The topological polar surface area (TPSA) is 127 Å². The van der Waals surface area contributed by atoms with Gasteiger partial charge in [0.1, 0.15) is 0 Å². The minimum atomic E-state index is -1.27. The van der Waals surface area contributed by atoms with E-state index in [2.05, 4.69) is 6.58 Å². The third kappa shape index (κ3) is 15.1. The molecule has 6 heteroatoms. The summed E-state index contributed by atoms with van der Waals surface area (Å²) in [5.74, 6) is -2.44. The van der Waals surface area contributed by atoms with E-state index in [-0.39, 0.29) is 5.57 Å². The number of rotatable bonds is 7. The maximum Gasteiger partial charge on any atom is 0.331 e. The van der Waals surface area contributed by atoms with E-state index in [1.807, 2.05) is 0 Å². The molecule has 0 aliphatic carbocycles. The highest BCUT2D eigenvalue weighted by Crippen LogP contribution is 1.95. The zero-order valence-corrected chi connectivity index (χ0v) is 9.32. The SMILES string of the molecule is C=C(CC(=O)O)C(=O)O.NCCCCCN. The Labute approximate surface area is 94.9 Å². The predicted octanol–water partition coefficient (Wildman–Crippen LogP) is 0.176. The van der Waals surface area contributed by atoms with Gasteiger partial charge < -0.3 is 21.7 Å². The number of nitrogens with two attached hydrogens (primary N) is 2. The molecule has 6 nitrogen and oxygen atoms in total. The minimum Gasteiger partial charge on any atom is -0.481 e. The zero-order chi connectivity index (χ0) is 13.0. The second-order valence-corrected chi connectivity index (χ2v) is 3.12. The fourth-order valence-electron chi connectivity index (χ4n) is 0.724. The highest BCUT2D eigenvalue weighted by molar-refractivity contribution is 5.91. The molecule has 6 N–H and O–H groups in total. The van der Waals surface area contributed by atoms with Gasteiger partial charge in [0.15, 0.2) is 0 Å². The summed E-state index contributed by atoms with van der Waals surface area (Å²) in [4.78, 5) is 19.7. The van der Waals surface area contributed by atoms with E-state index in [0.717, 1.165) is 25.9 Å². The number of aliphatic carboxylic acids is 2. The molecule has 0 unspecified atom stereocenters. The predicted molar refractivity (Wildman–Crippen MR) is 61.0 cm³/mol. The van der Waals surface area contributed by atoms with Crippen LogP contribution in [0.25, 0.3) is 0 Å². The van der Waals surface area contributed by atoms with Gasteiger partial charge in [-0.1, -0.05) is 13.0 Å². The first-order valence-electron chi connectivity index (χ1n) is 4.98. The second-order valence-electron chi connectivity index (χ2n) is 3.12. The lowest BCUT2D eigenvalue weighted by atomic mass is 10.2. The molecule has 0 atom stereocenters. The quantitative estimate of drug-likeness (QED) is 0.366. The van der Waals surface area contributed by atoms with Crippen molar-refractivity contribution in [2.24, 2.45) is 11.5 Å². The number of carboxylic acid groups (broad SMARTS) is 2. The van der Waals surface area contributed by atoms with Crippen molar-refractivity contribution in [1.82, 2.24) is 0 Å². The van der Waals surface area contributed by atoms with Crippen LogP contribution >= 0.6 is 0 Å². The van der Waals surface area contributed by atoms with Gasteiger partial charge >= 0.3 is 11.9 Å². The van der Waals surface area contributed by atoms with Gasteiger partial charge in [-0.25, -0.2) is 4.79 Å². The fourth-order valence-corrected chi connectivity index (χ4v) is 0.724. The molecule has 0 saturated heterocycles. The van der Waals surface area contributed by atoms with Crippen LogP contribution in [-0.2, 0) is 9.59 Å². The third-order valence-corrected chi connectivity index (χ3v) is 1.58. The van der Waals surface area contributed by atoms with Crippen molar-refractivity contribution in [1.29, 1.82) is 0 Å². The molecule has 0 aromatic heterocycles. The molecule has 94 valence electrons. The van der Waals surface area contributed by atoms with E-state index in [0.29, 0.717) is 0 Å². The summed E-state index contributed by atoms with van der Waals surface area (Å²) >= 11 is 0. The van der Waals surface area contributed by atoms with Crippen LogP contribution in [0.4, 0.5) is 0 Å². The maximum atomic E-state index is 9.87. The molecule has 0 aliphatic rings. The highest BCUT2D eigenvalue weighted by Gasteiger charge is 2.07. The van der Waals surface area contributed by atoms with Crippen LogP contribution in [0, 0.1) is 0 Å². The summed E-state index contributed by atoms with van der Waals surface area (Å²) in [6.07, 6.45) is 2.93. The van der Waals surface area contributed by atoms with Gasteiger partial charge in [-0.2, -0.15) is 0 Å². The summed E-state index contributed by atoms with van der Waals surface area (Å²) < 4.78 is 0. The normalized spacial score (nSPS) is 8.88. The van der Waals surface area contributed by atoms with E-state index >= 15 is 0 Å². The monoisotopic (exact) mass is 232 g/mol. The average Bonchev–Trinajstić information content (AvgIpc) is 2.18. The first-order valence-corrected chi connectivity index (χ1v) is 4.98. The van der Waals surface area contributed by atoms with Crippen molar-refractivity contribution in [3.8, 4) is 0 Å². The lowest BCUT2D eigenvalue weighted by Crippen LogP contribution is -2.04. The summed E-state index contributed by atoms with van der Waals surface area (Å²) in [6.45, 7) is 4.63. The maximum absolute atomic E-state index is 9.87. The number of carbonyl (C=O) groups is 2. The summed E-state index contributed by atoms with van der Waals surface area (Å²) in [5.41, 5.74) is 10.2. The number of hydrogen-bond acceptors (Lipinski definition) is 4.